The molecule has 2 aromatic carbocycles. The number of nitrogens with two attached hydrogens (primary N) is 1. The van der Waals surface area contributed by atoms with E-state index >= 15 is 0 Å². The van der Waals surface area contributed by atoms with Gasteiger partial charge in [-0.2, -0.15) is 0 Å². The number of hydrogen-bond donors (Lipinski definition) is 1. The van der Waals surface area contributed by atoms with E-state index in [9.17, 15) is 0 Å². The molecule has 1 aliphatic heterocycles. The number of ether oxygens (including phenoxy) is 2. The van der Waals surface area contributed by atoms with Gasteiger partial charge in [0, 0.05) is 23.0 Å². The van der Waals surface area contributed by atoms with E-state index in [1.165, 1.54) is 5.56 Å². The van der Waals surface area contributed by atoms with Gasteiger partial charge in [-0.25, -0.2) is 0 Å². The monoisotopic (exact) mass is 333 g/mol. The molecule has 0 fully saturated rings. The van der Waals surface area contributed by atoms with E-state index in [-0.39, 0.29) is 0 Å². The summed E-state index contributed by atoms with van der Waals surface area (Å²) in [6.45, 7) is 1.81. The van der Waals surface area contributed by atoms with Crippen LogP contribution in [0.2, 0.25) is 0 Å². The van der Waals surface area contributed by atoms with Crippen LogP contribution in [0.15, 0.2) is 40.9 Å². The van der Waals surface area contributed by atoms with Crippen molar-refractivity contribution in [3.63, 3.8) is 0 Å². The molecule has 20 heavy (non-hydrogen) atoms. The fraction of sp³-hybridized carbons (Fsp3) is 0.250. The summed E-state index contributed by atoms with van der Waals surface area (Å²) >= 11 is 3.54. The number of hydrogen-bond acceptors (Lipinski definition) is 3. The van der Waals surface area contributed by atoms with Crippen molar-refractivity contribution in [1.29, 1.82) is 0 Å². The lowest BCUT2D eigenvalue weighted by molar-refractivity contribution is 0.292. The van der Waals surface area contributed by atoms with Crippen LogP contribution in [-0.4, -0.2) is 6.61 Å². The third-order valence-corrected chi connectivity index (χ3v) is 3.84. The Balaban J connectivity index is 1.75. The molecule has 0 aromatic heterocycles. The summed E-state index contributed by atoms with van der Waals surface area (Å²) in [6.07, 6.45) is 0.965. The van der Waals surface area contributed by atoms with Crippen molar-refractivity contribution in [2.24, 2.45) is 5.73 Å². The van der Waals surface area contributed by atoms with E-state index in [2.05, 4.69) is 28.1 Å². The maximum absolute atomic E-state index is 5.83. The molecule has 2 aromatic rings. The maximum Gasteiger partial charge on any atom is 0.129 e. The molecule has 0 radical (unpaired) electrons. The summed E-state index contributed by atoms with van der Waals surface area (Å²) in [7, 11) is 0. The summed E-state index contributed by atoms with van der Waals surface area (Å²) in [6, 6.07) is 12.0. The highest BCUT2D eigenvalue weighted by Crippen LogP contribution is 2.33. The summed E-state index contributed by atoms with van der Waals surface area (Å²) in [5.74, 6) is 1.82. The number of rotatable bonds is 4. The first-order chi connectivity index (χ1) is 9.76. The molecular formula is C16H16BrNO2. The van der Waals surface area contributed by atoms with E-state index in [0.29, 0.717) is 13.2 Å². The van der Waals surface area contributed by atoms with Gasteiger partial charge in [-0.1, -0.05) is 28.1 Å². The fourth-order valence-electron chi connectivity index (χ4n) is 2.34. The highest BCUT2D eigenvalue weighted by atomic mass is 79.9. The van der Waals surface area contributed by atoms with Crippen LogP contribution in [0.25, 0.3) is 0 Å². The van der Waals surface area contributed by atoms with Gasteiger partial charge >= 0.3 is 0 Å². The smallest absolute Gasteiger partial charge is 0.129 e. The molecule has 4 heteroatoms. The van der Waals surface area contributed by atoms with Crippen molar-refractivity contribution < 1.29 is 9.47 Å². The molecule has 2 N–H and O–H groups in total. The SMILES string of the molecule is NCc1ccc(OCc2cc(Br)cc3c2OCC3)cc1. The Labute approximate surface area is 126 Å². The lowest BCUT2D eigenvalue weighted by Gasteiger charge is -2.11. The molecule has 0 bridgehead atoms. The zero-order chi connectivity index (χ0) is 13.9. The van der Waals surface area contributed by atoms with E-state index in [0.717, 1.165) is 40.1 Å². The normalized spacial score (nSPS) is 12.9. The standard InChI is InChI=1S/C16H16BrNO2/c17-14-7-12-5-6-19-16(12)13(8-14)10-20-15-3-1-11(9-18)2-4-15/h1-4,7-8H,5-6,9-10,18H2. The minimum Gasteiger partial charge on any atom is -0.493 e. The van der Waals surface area contributed by atoms with Crippen LogP contribution in [0.3, 0.4) is 0 Å². The van der Waals surface area contributed by atoms with Crippen molar-refractivity contribution in [3.8, 4) is 11.5 Å². The van der Waals surface area contributed by atoms with Crippen LogP contribution in [0.5, 0.6) is 11.5 Å². The number of fused-ring (bicyclic) bond motifs is 1. The molecule has 3 rings (SSSR count). The van der Waals surface area contributed by atoms with Crippen molar-refractivity contribution in [1.82, 2.24) is 0 Å². The second-order valence-electron chi connectivity index (χ2n) is 4.79. The van der Waals surface area contributed by atoms with Gasteiger partial charge in [0.2, 0.25) is 0 Å². The van der Waals surface area contributed by atoms with Gasteiger partial charge in [0.25, 0.3) is 0 Å². The Bertz CT molecular complexity index is 611. The molecule has 0 saturated heterocycles. The molecule has 0 amide bonds. The van der Waals surface area contributed by atoms with Gasteiger partial charge in [0.15, 0.2) is 0 Å². The molecular weight excluding hydrogens is 318 g/mol. The average molecular weight is 334 g/mol. The van der Waals surface area contributed by atoms with Gasteiger partial charge in [-0.3, -0.25) is 0 Å². The predicted molar refractivity (Wildman–Crippen MR) is 82.0 cm³/mol. The maximum atomic E-state index is 5.83. The van der Waals surface area contributed by atoms with Gasteiger partial charge < -0.3 is 15.2 Å². The average Bonchev–Trinajstić information content (AvgIpc) is 2.93. The molecule has 0 unspecified atom stereocenters. The number of benzene rings is 2. The van der Waals surface area contributed by atoms with Gasteiger partial charge in [0.1, 0.15) is 18.1 Å². The Morgan fingerprint density at radius 2 is 2.00 bits per heavy atom. The van der Waals surface area contributed by atoms with Crippen molar-refractivity contribution in [3.05, 3.63) is 57.6 Å². The highest BCUT2D eigenvalue weighted by molar-refractivity contribution is 9.10. The third kappa shape index (κ3) is 2.81. The first-order valence-corrected chi connectivity index (χ1v) is 7.41. The van der Waals surface area contributed by atoms with Crippen LogP contribution in [-0.2, 0) is 19.6 Å². The Kier molecular flexibility index (Phi) is 3.94. The van der Waals surface area contributed by atoms with E-state index in [4.69, 9.17) is 15.2 Å². The molecule has 3 nitrogen and oxygen atoms in total. The molecule has 0 saturated carbocycles. The third-order valence-electron chi connectivity index (χ3n) is 3.38. The van der Waals surface area contributed by atoms with Crippen LogP contribution < -0.4 is 15.2 Å². The van der Waals surface area contributed by atoms with Crippen molar-refractivity contribution >= 4 is 15.9 Å². The van der Waals surface area contributed by atoms with Gasteiger partial charge in [-0.05, 0) is 35.4 Å². The largest absolute Gasteiger partial charge is 0.493 e. The van der Waals surface area contributed by atoms with Crippen molar-refractivity contribution in [2.75, 3.05) is 6.61 Å². The second kappa shape index (κ2) is 5.85. The van der Waals surface area contributed by atoms with Gasteiger partial charge in [-0.15, -0.1) is 0 Å². The Hall–Kier alpha value is -1.52. The predicted octanol–water partition coefficient (Wildman–Crippen LogP) is 3.42. The Morgan fingerprint density at radius 3 is 2.75 bits per heavy atom. The van der Waals surface area contributed by atoms with Crippen LogP contribution in [0, 0.1) is 0 Å². The summed E-state index contributed by atoms with van der Waals surface area (Å²) in [5, 5.41) is 0. The van der Waals surface area contributed by atoms with Gasteiger partial charge in [0.05, 0.1) is 6.61 Å². The molecule has 0 spiro atoms. The second-order valence-corrected chi connectivity index (χ2v) is 5.70. The van der Waals surface area contributed by atoms with Crippen molar-refractivity contribution in [2.45, 2.75) is 19.6 Å². The molecule has 1 heterocycles. The van der Waals surface area contributed by atoms with Crippen LogP contribution >= 0.6 is 15.9 Å². The molecule has 0 atom stereocenters. The van der Waals surface area contributed by atoms with E-state index in [1.807, 2.05) is 24.3 Å². The lowest BCUT2D eigenvalue weighted by Crippen LogP contribution is -2.00. The first kappa shape index (κ1) is 13.5. The summed E-state index contributed by atoms with van der Waals surface area (Å²) < 4.78 is 12.6. The first-order valence-electron chi connectivity index (χ1n) is 6.62. The van der Waals surface area contributed by atoms with E-state index < -0.39 is 0 Å². The lowest BCUT2D eigenvalue weighted by atomic mass is 10.1. The summed E-state index contributed by atoms with van der Waals surface area (Å²) in [5.41, 5.74) is 9.01. The van der Waals surface area contributed by atoms with Crippen LogP contribution in [0.4, 0.5) is 0 Å². The topological polar surface area (TPSA) is 44.5 Å². The quantitative estimate of drug-likeness (QED) is 0.932. The van der Waals surface area contributed by atoms with E-state index in [1.54, 1.807) is 0 Å². The molecule has 104 valence electrons. The zero-order valence-electron chi connectivity index (χ0n) is 11.1. The Morgan fingerprint density at radius 1 is 1.20 bits per heavy atom. The molecule has 1 aliphatic rings. The minimum atomic E-state index is 0.504. The fourth-order valence-corrected chi connectivity index (χ4v) is 2.89. The number of halogens is 1. The summed E-state index contributed by atoms with van der Waals surface area (Å²) in [4.78, 5) is 0. The van der Waals surface area contributed by atoms with Crippen LogP contribution in [0.1, 0.15) is 16.7 Å². The highest BCUT2D eigenvalue weighted by Gasteiger charge is 2.17. The molecule has 0 aliphatic carbocycles. The zero-order valence-corrected chi connectivity index (χ0v) is 12.7. The minimum absolute atomic E-state index is 0.504.